The zero-order valence-corrected chi connectivity index (χ0v) is 21.5. The number of ether oxygens (including phenoxy) is 2. The van der Waals surface area contributed by atoms with E-state index < -0.39 is 29.4 Å². The van der Waals surface area contributed by atoms with Gasteiger partial charge in [-0.05, 0) is 48.4 Å². The van der Waals surface area contributed by atoms with Crippen molar-refractivity contribution in [2.24, 2.45) is 0 Å². The van der Waals surface area contributed by atoms with Crippen LogP contribution in [0.4, 0.5) is 11.4 Å². The molecule has 35 heavy (non-hydrogen) atoms. The second kappa shape index (κ2) is 10.2. The molecule has 1 N–H and O–H groups in total. The maximum absolute atomic E-state index is 12.9. The van der Waals surface area contributed by atoms with Gasteiger partial charge in [-0.1, -0.05) is 28.1 Å². The standard InChI is InChI=1S/C25H26BrN3O5S/c26-18-3-1-17(2-4-18)25-10-9-23(31)29(25)21(16-35-25)24(32)34-15-22(30)27-19-5-7-20(8-6-19)28-11-13-33-14-12-28/h1-8,21H,9-16H2,(H,27,30)/t21-,25+/m0/s1. The van der Waals surface area contributed by atoms with E-state index in [1.54, 1.807) is 16.7 Å². The molecule has 3 aliphatic heterocycles. The van der Waals surface area contributed by atoms with Crippen LogP contribution in [-0.4, -0.2) is 67.4 Å². The van der Waals surface area contributed by atoms with E-state index in [2.05, 4.69) is 26.1 Å². The summed E-state index contributed by atoms with van der Waals surface area (Å²) in [5, 5.41) is 2.76. The molecule has 184 valence electrons. The summed E-state index contributed by atoms with van der Waals surface area (Å²) in [6, 6.07) is 14.7. The van der Waals surface area contributed by atoms with Crippen LogP contribution in [0.15, 0.2) is 53.0 Å². The minimum Gasteiger partial charge on any atom is -0.454 e. The van der Waals surface area contributed by atoms with Crippen LogP contribution in [0.2, 0.25) is 0 Å². The molecule has 8 nitrogen and oxygen atoms in total. The number of halogens is 1. The third kappa shape index (κ3) is 4.92. The molecule has 3 fully saturated rings. The third-order valence-corrected chi connectivity index (χ3v) is 8.69. The predicted molar refractivity (Wildman–Crippen MR) is 137 cm³/mol. The fraction of sp³-hybridized carbons (Fsp3) is 0.400. The lowest BCUT2D eigenvalue weighted by Gasteiger charge is -2.33. The van der Waals surface area contributed by atoms with Crippen molar-refractivity contribution in [3.05, 3.63) is 58.6 Å². The minimum absolute atomic E-state index is 0.0651. The first-order valence-corrected chi connectivity index (χ1v) is 13.4. The van der Waals surface area contributed by atoms with Gasteiger partial charge in [0.1, 0.15) is 10.9 Å². The summed E-state index contributed by atoms with van der Waals surface area (Å²) in [6.45, 7) is 2.68. The molecule has 3 heterocycles. The van der Waals surface area contributed by atoms with Crippen molar-refractivity contribution in [1.29, 1.82) is 0 Å². The van der Waals surface area contributed by atoms with Crippen LogP contribution >= 0.6 is 27.7 Å². The molecule has 3 aliphatic rings. The first-order chi connectivity index (χ1) is 17.0. The van der Waals surface area contributed by atoms with Crippen molar-refractivity contribution < 1.29 is 23.9 Å². The number of morpholine rings is 1. The van der Waals surface area contributed by atoms with E-state index in [1.807, 2.05) is 48.5 Å². The van der Waals surface area contributed by atoms with Crippen LogP contribution in [0, 0.1) is 0 Å². The lowest BCUT2D eigenvalue weighted by atomic mass is 10.0. The van der Waals surface area contributed by atoms with Crippen LogP contribution < -0.4 is 10.2 Å². The first-order valence-electron chi connectivity index (χ1n) is 11.6. The predicted octanol–water partition coefficient (Wildman–Crippen LogP) is 3.36. The summed E-state index contributed by atoms with van der Waals surface area (Å²) in [4.78, 5) is 41.4. The average molecular weight is 560 g/mol. The largest absolute Gasteiger partial charge is 0.454 e. The van der Waals surface area contributed by atoms with E-state index >= 15 is 0 Å². The van der Waals surface area contributed by atoms with E-state index in [9.17, 15) is 14.4 Å². The fourth-order valence-corrected chi connectivity index (χ4v) is 6.74. The summed E-state index contributed by atoms with van der Waals surface area (Å²) < 4.78 is 11.7. The molecule has 2 amide bonds. The molecule has 0 spiro atoms. The number of amides is 2. The highest BCUT2D eigenvalue weighted by atomic mass is 79.9. The number of benzene rings is 2. The highest BCUT2D eigenvalue weighted by molar-refractivity contribution is 9.10. The number of carbonyl (C=O) groups is 3. The molecule has 0 aromatic heterocycles. The second-order valence-corrected chi connectivity index (χ2v) is 10.9. The van der Waals surface area contributed by atoms with Gasteiger partial charge >= 0.3 is 5.97 Å². The Hall–Kier alpha value is -2.56. The average Bonchev–Trinajstić information content (AvgIpc) is 3.43. The molecule has 0 unspecified atom stereocenters. The highest BCUT2D eigenvalue weighted by Gasteiger charge is 2.57. The Balaban J connectivity index is 1.17. The van der Waals surface area contributed by atoms with Crippen molar-refractivity contribution in [3.63, 3.8) is 0 Å². The number of fused-ring (bicyclic) bond motifs is 1. The van der Waals surface area contributed by atoms with Crippen molar-refractivity contribution in [2.75, 3.05) is 48.9 Å². The van der Waals surface area contributed by atoms with Crippen LogP contribution in [0.3, 0.4) is 0 Å². The van der Waals surface area contributed by atoms with Crippen molar-refractivity contribution in [2.45, 2.75) is 23.8 Å². The number of thioether (sulfide) groups is 1. The van der Waals surface area contributed by atoms with E-state index in [1.165, 1.54) is 0 Å². The van der Waals surface area contributed by atoms with Crippen LogP contribution in [0.5, 0.6) is 0 Å². The number of nitrogens with one attached hydrogen (secondary N) is 1. The third-order valence-electron chi connectivity index (χ3n) is 6.57. The van der Waals surface area contributed by atoms with E-state index in [-0.39, 0.29) is 5.91 Å². The maximum atomic E-state index is 12.9. The van der Waals surface area contributed by atoms with E-state index in [4.69, 9.17) is 9.47 Å². The van der Waals surface area contributed by atoms with Gasteiger partial charge in [0.05, 0.1) is 13.2 Å². The van der Waals surface area contributed by atoms with Crippen LogP contribution in [-0.2, 0) is 28.7 Å². The van der Waals surface area contributed by atoms with Crippen LogP contribution in [0.25, 0.3) is 0 Å². The normalized spacial score (nSPS) is 23.8. The second-order valence-electron chi connectivity index (χ2n) is 8.68. The Morgan fingerprint density at radius 2 is 1.83 bits per heavy atom. The van der Waals surface area contributed by atoms with Gasteiger partial charge in [0.25, 0.3) is 5.91 Å². The van der Waals surface area contributed by atoms with Crippen molar-refractivity contribution >= 4 is 56.9 Å². The van der Waals surface area contributed by atoms with E-state index in [0.29, 0.717) is 37.5 Å². The number of nitrogens with zero attached hydrogens (tertiary/aromatic N) is 2. The number of carbonyl (C=O) groups excluding carboxylic acids is 3. The maximum Gasteiger partial charge on any atom is 0.330 e. The Kier molecular flexibility index (Phi) is 7.04. The van der Waals surface area contributed by atoms with Crippen molar-refractivity contribution in [1.82, 2.24) is 4.90 Å². The summed E-state index contributed by atoms with van der Waals surface area (Å²) in [6.07, 6.45) is 1.02. The molecule has 0 aliphatic carbocycles. The Bertz CT molecular complexity index is 1110. The number of rotatable bonds is 6. The highest BCUT2D eigenvalue weighted by Crippen LogP contribution is 2.54. The van der Waals surface area contributed by atoms with Gasteiger partial charge in [0.2, 0.25) is 5.91 Å². The zero-order chi connectivity index (χ0) is 24.4. The summed E-state index contributed by atoms with van der Waals surface area (Å²) in [7, 11) is 0. The van der Waals surface area contributed by atoms with Gasteiger partial charge in [-0.25, -0.2) is 4.79 Å². The number of hydrogen-bond donors (Lipinski definition) is 1. The Morgan fingerprint density at radius 1 is 1.11 bits per heavy atom. The SMILES string of the molecule is O=C(COC(=O)[C@@H]1CS[C@@]2(c3ccc(Br)cc3)CCC(=O)N12)Nc1ccc(N2CCOCC2)cc1. The lowest BCUT2D eigenvalue weighted by molar-refractivity contribution is -0.155. The van der Waals surface area contributed by atoms with Gasteiger partial charge in [-0.15, -0.1) is 11.8 Å². The van der Waals surface area contributed by atoms with Crippen molar-refractivity contribution in [3.8, 4) is 0 Å². The summed E-state index contributed by atoms with van der Waals surface area (Å²) in [5.41, 5.74) is 2.69. The molecular weight excluding hydrogens is 534 g/mol. The monoisotopic (exact) mass is 559 g/mol. The molecular formula is C25H26BrN3O5S. The summed E-state index contributed by atoms with van der Waals surface area (Å²) >= 11 is 5.03. The van der Waals surface area contributed by atoms with Gasteiger partial charge < -0.3 is 24.6 Å². The van der Waals surface area contributed by atoms with Gasteiger partial charge in [-0.2, -0.15) is 0 Å². The minimum atomic E-state index is -0.709. The number of esters is 1. The molecule has 10 heteroatoms. The molecule has 0 radical (unpaired) electrons. The smallest absolute Gasteiger partial charge is 0.330 e. The molecule has 2 atom stereocenters. The van der Waals surface area contributed by atoms with E-state index in [0.717, 1.165) is 28.8 Å². The topological polar surface area (TPSA) is 88.2 Å². The lowest BCUT2D eigenvalue weighted by Crippen LogP contribution is -2.47. The quantitative estimate of drug-likeness (QED) is 0.543. The zero-order valence-electron chi connectivity index (χ0n) is 19.1. The molecule has 2 aromatic carbocycles. The van der Waals surface area contributed by atoms with Crippen LogP contribution in [0.1, 0.15) is 18.4 Å². The number of anilines is 2. The fourth-order valence-electron chi connectivity index (χ4n) is 4.83. The number of hydrogen-bond acceptors (Lipinski definition) is 7. The molecule has 0 bridgehead atoms. The molecule has 5 rings (SSSR count). The molecule has 0 saturated carbocycles. The van der Waals surface area contributed by atoms with Gasteiger partial charge in [0, 0.05) is 41.1 Å². The van der Waals surface area contributed by atoms with Gasteiger partial charge in [-0.3, -0.25) is 9.59 Å². The molecule has 3 saturated heterocycles. The Morgan fingerprint density at radius 3 is 2.54 bits per heavy atom. The molecule has 2 aromatic rings. The first kappa shape index (κ1) is 24.1. The summed E-state index contributed by atoms with van der Waals surface area (Å²) in [5.74, 6) is -0.602. The Labute approximate surface area is 216 Å². The van der Waals surface area contributed by atoms with Gasteiger partial charge in [0.15, 0.2) is 6.61 Å².